The van der Waals surface area contributed by atoms with Crippen LogP contribution in [0.4, 0.5) is 10.5 Å². The van der Waals surface area contributed by atoms with Gasteiger partial charge in [-0.15, -0.1) is 0 Å². The first-order valence-corrected chi connectivity index (χ1v) is 17.4. The number of carbonyl (C=O) groups is 2. The van der Waals surface area contributed by atoms with Crippen molar-refractivity contribution in [1.82, 2.24) is 4.90 Å². The van der Waals surface area contributed by atoms with Crippen molar-refractivity contribution in [2.24, 2.45) is 0 Å². The summed E-state index contributed by atoms with van der Waals surface area (Å²) in [5.41, 5.74) is 2.91. The zero-order chi connectivity index (χ0) is 29.9. The van der Waals surface area contributed by atoms with Crippen LogP contribution in [0.2, 0.25) is 18.1 Å². The summed E-state index contributed by atoms with van der Waals surface area (Å²) in [4.78, 5) is 30.1. The number of benzene rings is 2. The highest BCUT2D eigenvalue weighted by Crippen LogP contribution is 2.57. The Kier molecular flexibility index (Phi) is 7.43. The Morgan fingerprint density at radius 1 is 1.00 bits per heavy atom. The number of anilines is 1. The summed E-state index contributed by atoms with van der Waals surface area (Å²) in [6.07, 6.45) is -0.275. The SMILES string of the molecule is COC(=O)c1cc(OCc2ccccc2)c2c(c1)N1C[C@H]3[C@@H]([C@@H]1[C@@H]2CO[Si](C)(C)C(C)(C)C)N3C(=O)OC(C)(C)C. The Morgan fingerprint density at radius 3 is 2.29 bits per heavy atom. The summed E-state index contributed by atoms with van der Waals surface area (Å²) in [5, 5.41) is 0.0514. The molecule has 0 radical (unpaired) electrons. The smallest absolute Gasteiger partial charge is 0.411 e. The number of ether oxygens (including phenoxy) is 3. The lowest BCUT2D eigenvalue weighted by atomic mass is 9.92. The lowest BCUT2D eigenvalue weighted by Crippen LogP contribution is -2.45. The number of rotatable bonds is 7. The summed E-state index contributed by atoms with van der Waals surface area (Å²) >= 11 is 0. The summed E-state index contributed by atoms with van der Waals surface area (Å²) in [7, 11) is -0.687. The predicted octanol–water partition coefficient (Wildman–Crippen LogP) is 6.35. The van der Waals surface area contributed by atoms with Crippen LogP contribution in [0.25, 0.3) is 0 Å². The van der Waals surface area contributed by atoms with Crippen LogP contribution in [0.3, 0.4) is 0 Å². The highest BCUT2D eigenvalue weighted by molar-refractivity contribution is 6.74. The van der Waals surface area contributed by atoms with Gasteiger partial charge in [-0.3, -0.25) is 4.90 Å². The molecule has 3 heterocycles. The largest absolute Gasteiger partial charge is 0.489 e. The molecule has 222 valence electrons. The molecule has 0 aromatic heterocycles. The van der Waals surface area contributed by atoms with E-state index in [0.717, 1.165) is 16.8 Å². The monoisotopic (exact) mass is 580 g/mol. The number of fused-ring (bicyclic) bond motifs is 5. The molecule has 0 unspecified atom stereocenters. The van der Waals surface area contributed by atoms with Crippen LogP contribution in [-0.4, -0.2) is 69.3 Å². The van der Waals surface area contributed by atoms with Gasteiger partial charge in [0.1, 0.15) is 18.0 Å². The van der Waals surface area contributed by atoms with Gasteiger partial charge in [0, 0.05) is 30.3 Å². The normalized spacial score (nSPS) is 23.0. The van der Waals surface area contributed by atoms with E-state index in [9.17, 15) is 9.59 Å². The lowest BCUT2D eigenvalue weighted by molar-refractivity contribution is 0.0378. The number of hydrogen-bond donors (Lipinski definition) is 0. The summed E-state index contributed by atoms with van der Waals surface area (Å²) in [6, 6.07) is 13.8. The summed E-state index contributed by atoms with van der Waals surface area (Å²) in [5.74, 6) is 0.208. The minimum Gasteiger partial charge on any atom is -0.489 e. The standard InChI is InChI=1S/C32H44N2O6Si/c1-31(2,3)40-30(36)34-24-17-33-23-15-21(29(35)37-7)16-25(38-18-20-13-11-10-12-14-20)26(23)22(27(33)28(24)34)19-39-41(8,9)32(4,5)6/h10-16,22,24,27-28H,17-19H2,1-9H3/t22-,24+,27+,28+,34?/m1/s1. The number of amides is 1. The van der Waals surface area contributed by atoms with Crippen LogP contribution in [0, 0.1) is 0 Å². The van der Waals surface area contributed by atoms with Crippen molar-refractivity contribution < 1.29 is 28.2 Å². The molecule has 1 amide bonds. The first-order valence-electron chi connectivity index (χ1n) is 14.5. The van der Waals surface area contributed by atoms with E-state index in [2.05, 4.69) is 38.8 Å². The van der Waals surface area contributed by atoms with E-state index < -0.39 is 19.9 Å². The fourth-order valence-corrected chi connectivity index (χ4v) is 6.89. The average molecular weight is 581 g/mol. The molecule has 0 aliphatic carbocycles. The number of nitrogens with zero attached hydrogens (tertiary/aromatic N) is 2. The van der Waals surface area contributed by atoms with E-state index in [0.29, 0.717) is 31.1 Å². The Morgan fingerprint density at radius 2 is 1.68 bits per heavy atom. The molecule has 5 rings (SSSR count). The highest BCUT2D eigenvalue weighted by Gasteiger charge is 2.67. The molecule has 8 nitrogen and oxygen atoms in total. The average Bonchev–Trinajstić information content (AvgIpc) is 3.33. The van der Waals surface area contributed by atoms with Crippen LogP contribution in [-0.2, 0) is 20.5 Å². The molecule has 0 bridgehead atoms. The number of carbonyl (C=O) groups excluding carboxylic acids is 2. The van der Waals surface area contributed by atoms with E-state index in [1.807, 2.05) is 62.1 Å². The van der Waals surface area contributed by atoms with Crippen molar-refractivity contribution in [3.05, 3.63) is 59.2 Å². The lowest BCUT2D eigenvalue weighted by Gasteiger charge is -2.38. The molecule has 2 saturated heterocycles. The van der Waals surface area contributed by atoms with E-state index in [-0.39, 0.29) is 35.2 Å². The molecule has 0 saturated carbocycles. The van der Waals surface area contributed by atoms with Crippen LogP contribution in [0.5, 0.6) is 5.75 Å². The number of hydrogen-bond acceptors (Lipinski definition) is 7. The van der Waals surface area contributed by atoms with Gasteiger partial charge in [-0.2, -0.15) is 0 Å². The molecule has 4 atom stereocenters. The Labute approximate surface area is 245 Å². The van der Waals surface area contributed by atoms with Gasteiger partial charge in [0.2, 0.25) is 0 Å². The van der Waals surface area contributed by atoms with Gasteiger partial charge >= 0.3 is 12.1 Å². The van der Waals surface area contributed by atoms with Crippen LogP contribution in [0.15, 0.2) is 42.5 Å². The first-order chi connectivity index (χ1) is 19.1. The van der Waals surface area contributed by atoms with Crippen molar-refractivity contribution in [3.63, 3.8) is 0 Å². The molecule has 2 aromatic carbocycles. The Bertz CT molecular complexity index is 1320. The van der Waals surface area contributed by atoms with Gasteiger partial charge in [-0.25, -0.2) is 9.59 Å². The fourth-order valence-electron chi connectivity index (χ4n) is 5.86. The van der Waals surface area contributed by atoms with E-state index in [1.54, 1.807) is 6.07 Å². The minimum atomic E-state index is -2.08. The van der Waals surface area contributed by atoms with E-state index in [1.165, 1.54) is 7.11 Å². The zero-order valence-electron chi connectivity index (χ0n) is 25.8. The molecule has 3 aliphatic rings. The molecule has 0 N–H and O–H groups in total. The van der Waals surface area contributed by atoms with E-state index in [4.69, 9.17) is 18.6 Å². The van der Waals surface area contributed by atoms with Crippen molar-refractivity contribution in [2.75, 3.05) is 25.2 Å². The third kappa shape index (κ3) is 5.58. The van der Waals surface area contributed by atoms with Gasteiger partial charge in [-0.1, -0.05) is 51.1 Å². The molecule has 41 heavy (non-hydrogen) atoms. The maximum Gasteiger partial charge on any atom is 0.411 e. The van der Waals surface area contributed by atoms with Gasteiger partial charge in [0.25, 0.3) is 0 Å². The van der Waals surface area contributed by atoms with Crippen LogP contribution < -0.4 is 9.64 Å². The third-order valence-corrected chi connectivity index (χ3v) is 13.5. The fraction of sp³-hybridized carbons (Fsp3) is 0.562. The topological polar surface area (TPSA) is 77.3 Å². The quantitative estimate of drug-likeness (QED) is 0.215. The van der Waals surface area contributed by atoms with Crippen LogP contribution >= 0.6 is 0 Å². The molecular formula is C32H44N2O6Si. The molecule has 3 aliphatic heterocycles. The molecule has 2 fully saturated rings. The second-order valence-electron chi connectivity index (χ2n) is 13.9. The maximum atomic E-state index is 13.1. The van der Waals surface area contributed by atoms with Gasteiger partial charge in [0.05, 0.1) is 30.8 Å². The number of piperazine rings is 1. The maximum absolute atomic E-state index is 13.1. The van der Waals surface area contributed by atoms with Crippen molar-refractivity contribution in [3.8, 4) is 5.75 Å². The zero-order valence-corrected chi connectivity index (χ0v) is 26.8. The number of esters is 1. The van der Waals surface area contributed by atoms with Crippen LogP contribution in [0.1, 0.15) is 68.9 Å². The minimum absolute atomic E-state index is 0.000686. The molecule has 0 spiro atoms. The van der Waals surface area contributed by atoms with Gasteiger partial charge in [0.15, 0.2) is 8.32 Å². The highest BCUT2D eigenvalue weighted by atomic mass is 28.4. The van der Waals surface area contributed by atoms with Gasteiger partial charge in [-0.05, 0) is 56.6 Å². The Balaban J connectivity index is 1.53. The Hall–Kier alpha value is -3.04. The molecule has 9 heteroatoms. The third-order valence-electron chi connectivity index (χ3n) is 8.98. The van der Waals surface area contributed by atoms with Gasteiger partial charge < -0.3 is 23.5 Å². The second-order valence-corrected chi connectivity index (χ2v) is 18.7. The second kappa shape index (κ2) is 10.3. The van der Waals surface area contributed by atoms with Crippen molar-refractivity contribution in [2.45, 2.75) is 95.9 Å². The number of methoxy groups -OCH3 is 1. The molecule has 2 aromatic rings. The summed E-state index contributed by atoms with van der Waals surface area (Å²) in [6.45, 7) is 18.5. The van der Waals surface area contributed by atoms with E-state index >= 15 is 0 Å². The first kappa shape index (κ1) is 29.4. The predicted molar refractivity (Wildman–Crippen MR) is 161 cm³/mol. The summed E-state index contributed by atoms with van der Waals surface area (Å²) < 4.78 is 24.2. The van der Waals surface area contributed by atoms with Crippen molar-refractivity contribution >= 4 is 26.1 Å². The molecular weight excluding hydrogens is 536 g/mol. The van der Waals surface area contributed by atoms with Crippen molar-refractivity contribution in [1.29, 1.82) is 0 Å².